The third-order valence-corrected chi connectivity index (χ3v) is 3.22. The van der Waals surface area contributed by atoms with Gasteiger partial charge in [-0.3, -0.25) is 0 Å². The van der Waals surface area contributed by atoms with Crippen molar-refractivity contribution in [2.24, 2.45) is 0 Å². The van der Waals surface area contributed by atoms with Gasteiger partial charge in [-0.2, -0.15) is 0 Å². The van der Waals surface area contributed by atoms with E-state index in [1.807, 2.05) is 6.26 Å². The van der Waals surface area contributed by atoms with Gasteiger partial charge in [-0.1, -0.05) is 16.3 Å². The molecule has 0 fully saturated rings. The maximum absolute atomic E-state index is 11.5. The van der Waals surface area contributed by atoms with Gasteiger partial charge in [-0.25, -0.2) is 14.8 Å². The van der Waals surface area contributed by atoms with E-state index in [1.165, 1.54) is 18.9 Å². The smallest absolute Gasteiger partial charge is 0.352 e. The molecule has 6 nitrogen and oxygen atoms in total. The normalized spacial score (nSPS) is 10.2. The van der Waals surface area contributed by atoms with E-state index in [2.05, 4.69) is 24.3 Å². The molecule has 0 saturated carbocycles. The van der Waals surface area contributed by atoms with Gasteiger partial charge in [-0.05, 0) is 17.8 Å². The number of ether oxygens (including phenoxy) is 1. The van der Waals surface area contributed by atoms with Gasteiger partial charge in [-0.15, -0.1) is 5.10 Å². The molecular formula is C9H8N4O2S2. The maximum atomic E-state index is 11.5. The third kappa shape index (κ3) is 2.42. The molecule has 0 atom stereocenters. The Bertz CT molecular complexity index is 526. The number of carbonyl (C=O) groups excluding carboxylic acids is 1. The Balaban J connectivity index is 2.39. The highest BCUT2D eigenvalue weighted by atomic mass is 32.2. The summed E-state index contributed by atoms with van der Waals surface area (Å²) in [6, 6.07) is 0. The Hall–Kier alpha value is -1.54. The summed E-state index contributed by atoms with van der Waals surface area (Å²) in [4.78, 5) is 20.0. The number of hydrogen-bond acceptors (Lipinski definition) is 8. The Morgan fingerprint density at radius 3 is 2.71 bits per heavy atom. The van der Waals surface area contributed by atoms with Crippen molar-refractivity contribution in [3.63, 3.8) is 0 Å². The van der Waals surface area contributed by atoms with E-state index in [0.717, 1.165) is 11.5 Å². The first kappa shape index (κ1) is 11.9. The number of thioether (sulfide) groups is 1. The molecule has 2 aromatic rings. The predicted molar refractivity (Wildman–Crippen MR) is 64.1 cm³/mol. The van der Waals surface area contributed by atoms with Crippen molar-refractivity contribution in [3.05, 3.63) is 17.3 Å². The number of rotatable bonds is 3. The van der Waals surface area contributed by atoms with Crippen LogP contribution in [0.2, 0.25) is 0 Å². The molecule has 88 valence electrons. The van der Waals surface area contributed by atoms with Crippen LogP contribution in [0.3, 0.4) is 0 Å². The van der Waals surface area contributed by atoms with Crippen molar-refractivity contribution >= 4 is 29.3 Å². The molecule has 0 bridgehead atoms. The molecule has 0 amide bonds. The average Bonchev–Trinajstić information content (AvgIpc) is 2.87. The molecule has 2 rings (SSSR count). The van der Waals surface area contributed by atoms with Crippen molar-refractivity contribution in [1.82, 2.24) is 19.6 Å². The summed E-state index contributed by atoms with van der Waals surface area (Å²) >= 11 is 2.43. The molecule has 0 spiro atoms. The van der Waals surface area contributed by atoms with Crippen LogP contribution >= 0.6 is 23.3 Å². The number of aromatic nitrogens is 4. The molecule has 0 aliphatic heterocycles. The summed E-state index contributed by atoms with van der Waals surface area (Å²) in [7, 11) is 1.32. The zero-order valence-electron chi connectivity index (χ0n) is 9.08. The van der Waals surface area contributed by atoms with E-state index in [0.29, 0.717) is 21.3 Å². The van der Waals surface area contributed by atoms with Crippen molar-refractivity contribution in [1.29, 1.82) is 0 Å². The second-order valence-electron chi connectivity index (χ2n) is 2.90. The van der Waals surface area contributed by atoms with Crippen LogP contribution in [-0.4, -0.2) is 38.9 Å². The fourth-order valence-corrected chi connectivity index (χ4v) is 2.07. The molecule has 17 heavy (non-hydrogen) atoms. The number of carbonyl (C=O) groups is 1. The molecule has 0 aliphatic carbocycles. The molecular weight excluding hydrogens is 260 g/mol. The second kappa shape index (κ2) is 5.19. The highest BCUT2D eigenvalue weighted by Crippen LogP contribution is 2.23. The maximum Gasteiger partial charge on any atom is 0.352 e. The van der Waals surface area contributed by atoms with Crippen LogP contribution in [0, 0.1) is 0 Å². The minimum atomic E-state index is -0.455. The zero-order valence-corrected chi connectivity index (χ0v) is 10.7. The SMILES string of the molecule is COC(=O)c1snnc1-c1cnc(SC)nc1. The lowest BCUT2D eigenvalue weighted by Gasteiger charge is -1.99. The molecule has 8 heteroatoms. The van der Waals surface area contributed by atoms with Crippen molar-refractivity contribution in [2.75, 3.05) is 13.4 Å². The summed E-state index contributed by atoms with van der Waals surface area (Å²) in [5.41, 5.74) is 1.10. The van der Waals surface area contributed by atoms with Crippen LogP contribution < -0.4 is 0 Å². The minimum absolute atomic E-state index is 0.355. The van der Waals surface area contributed by atoms with E-state index < -0.39 is 5.97 Å². The van der Waals surface area contributed by atoms with Crippen LogP contribution in [0.1, 0.15) is 9.67 Å². The largest absolute Gasteiger partial charge is 0.465 e. The summed E-state index contributed by atoms with van der Waals surface area (Å²) in [6.45, 7) is 0. The van der Waals surface area contributed by atoms with E-state index in [1.54, 1.807) is 12.4 Å². The summed E-state index contributed by atoms with van der Waals surface area (Å²) in [6.07, 6.45) is 5.11. The molecule has 0 N–H and O–H groups in total. The minimum Gasteiger partial charge on any atom is -0.465 e. The molecule has 0 aliphatic rings. The van der Waals surface area contributed by atoms with Gasteiger partial charge in [0, 0.05) is 18.0 Å². The summed E-state index contributed by atoms with van der Waals surface area (Å²) in [5, 5.41) is 4.56. The number of hydrogen-bond donors (Lipinski definition) is 0. The topological polar surface area (TPSA) is 77.9 Å². The van der Waals surface area contributed by atoms with Gasteiger partial charge >= 0.3 is 5.97 Å². The Morgan fingerprint density at radius 1 is 1.41 bits per heavy atom. The fourth-order valence-electron chi connectivity index (χ4n) is 1.15. The lowest BCUT2D eigenvalue weighted by Crippen LogP contribution is -2.00. The zero-order chi connectivity index (χ0) is 12.3. The van der Waals surface area contributed by atoms with Gasteiger partial charge in [0.05, 0.1) is 7.11 Å². The van der Waals surface area contributed by atoms with Crippen LogP contribution in [-0.2, 0) is 4.74 Å². The first-order chi connectivity index (χ1) is 8.26. The molecule has 0 radical (unpaired) electrons. The van der Waals surface area contributed by atoms with Gasteiger partial charge in [0.1, 0.15) is 5.69 Å². The van der Waals surface area contributed by atoms with Crippen LogP contribution in [0.25, 0.3) is 11.3 Å². The van der Waals surface area contributed by atoms with E-state index in [9.17, 15) is 4.79 Å². The van der Waals surface area contributed by atoms with Gasteiger partial charge < -0.3 is 4.74 Å². The standard InChI is InChI=1S/C9H8N4O2S2/c1-15-8(14)7-6(12-13-17-7)5-3-10-9(16-2)11-4-5/h3-4H,1-2H3. The fraction of sp³-hybridized carbons (Fsp3) is 0.222. The van der Waals surface area contributed by atoms with Crippen molar-refractivity contribution in [3.8, 4) is 11.3 Å². The third-order valence-electron chi connectivity index (χ3n) is 1.94. The highest BCUT2D eigenvalue weighted by molar-refractivity contribution is 7.98. The second-order valence-corrected chi connectivity index (χ2v) is 4.43. The quantitative estimate of drug-likeness (QED) is 0.474. The first-order valence-corrected chi connectivity index (χ1v) is 6.53. The van der Waals surface area contributed by atoms with E-state index in [-0.39, 0.29) is 0 Å². The molecule has 2 heterocycles. The number of nitrogens with zero attached hydrogens (tertiary/aromatic N) is 4. The van der Waals surface area contributed by atoms with E-state index in [4.69, 9.17) is 0 Å². The van der Waals surface area contributed by atoms with Crippen molar-refractivity contribution < 1.29 is 9.53 Å². The Labute approximate surface area is 106 Å². The summed E-state index contributed by atoms with van der Waals surface area (Å²) < 4.78 is 8.39. The average molecular weight is 268 g/mol. The Morgan fingerprint density at radius 2 is 2.12 bits per heavy atom. The Kier molecular flexibility index (Phi) is 3.64. The number of methoxy groups -OCH3 is 1. The van der Waals surface area contributed by atoms with Crippen LogP contribution in [0.15, 0.2) is 17.6 Å². The molecule has 2 aromatic heterocycles. The highest BCUT2D eigenvalue weighted by Gasteiger charge is 2.18. The van der Waals surface area contributed by atoms with Gasteiger partial charge in [0.2, 0.25) is 0 Å². The summed E-state index contributed by atoms with van der Waals surface area (Å²) in [5.74, 6) is -0.455. The monoisotopic (exact) mass is 268 g/mol. The van der Waals surface area contributed by atoms with Crippen LogP contribution in [0.4, 0.5) is 0 Å². The molecule has 0 unspecified atom stereocenters. The van der Waals surface area contributed by atoms with Gasteiger partial charge in [0.25, 0.3) is 0 Å². The van der Waals surface area contributed by atoms with Crippen LogP contribution in [0.5, 0.6) is 0 Å². The lowest BCUT2D eigenvalue weighted by molar-refractivity contribution is 0.0607. The van der Waals surface area contributed by atoms with Crippen molar-refractivity contribution in [2.45, 2.75) is 5.16 Å². The number of esters is 1. The molecule has 0 aromatic carbocycles. The predicted octanol–water partition coefficient (Wildman–Crippen LogP) is 1.50. The van der Waals surface area contributed by atoms with Gasteiger partial charge in [0.15, 0.2) is 10.0 Å². The first-order valence-electron chi connectivity index (χ1n) is 4.53. The lowest BCUT2D eigenvalue weighted by atomic mass is 10.2. The van der Waals surface area contributed by atoms with E-state index >= 15 is 0 Å². The molecule has 0 saturated heterocycles.